The molecule has 1 unspecified atom stereocenters. The first-order valence-electron chi connectivity index (χ1n) is 11.5. The van der Waals surface area contributed by atoms with Crippen LogP contribution in [0.5, 0.6) is 5.75 Å². The van der Waals surface area contributed by atoms with E-state index in [2.05, 4.69) is 29.6 Å². The highest BCUT2D eigenvalue weighted by atomic mass is 16.6. The van der Waals surface area contributed by atoms with Gasteiger partial charge in [-0.1, -0.05) is 24.3 Å². The van der Waals surface area contributed by atoms with Crippen molar-refractivity contribution in [2.45, 2.75) is 58.2 Å². The minimum absolute atomic E-state index is 0.250. The smallest absolute Gasteiger partial charge is 0.407 e. The van der Waals surface area contributed by atoms with Crippen LogP contribution in [0.3, 0.4) is 0 Å². The Kier molecular flexibility index (Phi) is 6.55. The molecule has 0 spiro atoms. The number of hydrogen-bond acceptors (Lipinski definition) is 4. The second-order valence-corrected chi connectivity index (χ2v) is 9.63. The minimum atomic E-state index is -0.504. The van der Waals surface area contributed by atoms with E-state index < -0.39 is 5.60 Å². The first-order chi connectivity index (χ1) is 15.8. The van der Waals surface area contributed by atoms with E-state index in [0.717, 1.165) is 41.3 Å². The minimum Gasteiger partial charge on any atom is -0.489 e. The van der Waals surface area contributed by atoms with E-state index in [1.165, 1.54) is 11.1 Å². The Bertz CT molecular complexity index is 1200. The Morgan fingerprint density at radius 3 is 2.67 bits per heavy atom. The predicted molar refractivity (Wildman–Crippen MR) is 129 cm³/mol. The first kappa shape index (κ1) is 22.7. The third kappa shape index (κ3) is 5.84. The molecule has 3 aromatic carbocycles. The van der Waals surface area contributed by atoms with Crippen molar-refractivity contribution in [3.05, 3.63) is 76.9 Å². The van der Waals surface area contributed by atoms with Gasteiger partial charge in [0.25, 0.3) is 0 Å². The van der Waals surface area contributed by atoms with E-state index >= 15 is 0 Å². The van der Waals surface area contributed by atoms with Gasteiger partial charge in [0.1, 0.15) is 18.0 Å². The molecule has 3 aromatic rings. The summed E-state index contributed by atoms with van der Waals surface area (Å²) in [5, 5.41) is 14.1. The Labute approximate surface area is 195 Å². The lowest BCUT2D eigenvalue weighted by molar-refractivity contribution is 0.0523. The second kappa shape index (κ2) is 9.54. The van der Waals surface area contributed by atoms with Crippen molar-refractivity contribution in [1.82, 2.24) is 5.32 Å². The maximum absolute atomic E-state index is 12.1. The largest absolute Gasteiger partial charge is 0.489 e. The summed E-state index contributed by atoms with van der Waals surface area (Å²) < 4.78 is 11.5. The van der Waals surface area contributed by atoms with E-state index in [1.54, 1.807) is 0 Å². The number of hydrogen-bond donors (Lipinski definition) is 1. The molecule has 33 heavy (non-hydrogen) atoms. The molecule has 0 radical (unpaired) electrons. The topological polar surface area (TPSA) is 71.3 Å². The molecular formula is C28H30N2O3. The van der Waals surface area contributed by atoms with E-state index in [1.807, 2.05) is 57.2 Å². The van der Waals surface area contributed by atoms with Gasteiger partial charge < -0.3 is 14.8 Å². The van der Waals surface area contributed by atoms with Gasteiger partial charge in [0, 0.05) is 12.5 Å². The Morgan fingerprint density at radius 1 is 1.09 bits per heavy atom. The van der Waals surface area contributed by atoms with Gasteiger partial charge in [-0.2, -0.15) is 5.26 Å². The molecule has 0 heterocycles. The number of nitrogens with one attached hydrogen (secondary N) is 1. The standard InChI is InChI=1S/C28H30N2O3/c1-28(2,3)33-27(31)30-17-24-6-4-5-21-11-12-25(15-26(21)24)32-18-20-8-10-22-13-19(16-29)7-9-23(22)14-20/h7-15,24H,4-6,17-18H2,1-3H3,(H,30,31). The highest BCUT2D eigenvalue weighted by Gasteiger charge is 2.23. The van der Waals surface area contributed by atoms with Crippen molar-refractivity contribution in [2.75, 3.05) is 6.54 Å². The summed E-state index contributed by atoms with van der Waals surface area (Å²) in [7, 11) is 0. The van der Waals surface area contributed by atoms with Crippen molar-refractivity contribution in [3.63, 3.8) is 0 Å². The lowest BCUT2D eigenvalue weighted by Crippen LogP contribution is -2.35. The third-order valence-electron chi connectivity index (χ3n) is 5.89. The number of amides is 1. The second-order valence-electron chi connectivity index (χ2n) is 9.63. The van der Waals surface area contributed by atoms with Crippen molar-refractivity contribution in [2.24, 2.45) is 0 Å². The van der Waals surface area contributed by atoms with Crippen molar-refractivity contribution in [1.29, 1.82) is 5.26 Å². The Morgan fingerprint density at radius 2 is 1.88 bits per heavy atom. The number of alkyl carbamates (subject to hydrolysis) is 1. The number of rotatable bonds is 5. The van der Waals surface area contributed by atoms with Gasteiger partial charge in [0.2, 0.25) is 0 Å². The van der Waals surface area contributed by atoms with Crippen molar-refractivity contribution >= 4 is 16.9 Å². The summed E-state index contributed by atoms with van der Waals surface area (Å²) in [5.41, 5.74) is 3.81. The van der Waals surface area contributed by atoms with Gasteiger partial charge in [-0.15, -0.1) is 0 Å². The number of carbonyl (C=O) groups is 1. The molecule has 5 heteroatoms. The van der Waals surface area contributed by atoms with Gasteiger partial charge in [0.05, 0.1) is 11.6 Å². The summed E-state index contributed by atoms with van der Waals surface area (Å²) in [6, 6.07) is 20.3. The van der Waals surface area contributed by atoms with Gasteiger partial charge in [-0.05, 0) is 97.8 Å². The van der Waals surface area contributed by atoms with Gasteiger partial charge in [0.15, 0.2) is 0 Å². The number of ether oxygens (including phenoxy) is 2. The van der Waals surface area contributed by atoms with Crippen LogP contribution in [0, 0.1) is 11.3 Å². The molecular weight excluding hydrogens is 412 g/mol. The normalized spacial score (nSPS) is 15.4. The monoisotopic (exact) mass is 442 g/mol. The van der Waals surface area contributed by atoms with Crippen molar-refractivity contribution < 1.29 is 14.3 Å². The maximum atomic E-state index is 12.1. The van der Waals surface area contributed by atoms with Crippen LogP contribution in [0.25, 0.3) is 10.8 Å². The molecule has 1 atom stereocenters. The SMILES string of the molecule is CC(C)(C)OC(=O)NCC1CCCc2ccc(OCc3ccc4cc(C#N)ccc4c3)cc21. The number of benzene rings is 3. The number of fused-ring (bicyclic) bond motifs is 2. The molecule has 1 amide bonds. The van der Waals surface area contributed by atoms with Crippen LogP contribution in [0.1, 0.15) is 61.8 Å². The summed E-state index contributed by atoms with van der Waals surface area (Å²) >= 11 is 0. The fourth-order valence-corrected chi connectivity index (χ4v) is 4.32. The molecule has 0 aliphatic heterocycles. The van der Waals surface area contributed by atoms with E-state index in [0.29, 0.717) is 18.7 Å². The summed E-state index contributed by atoms with van der Waals surface area (Å²) in [6.45, 7) is 6.62. The molecule has 0 bridgehead atoms. The van der Waals surface area contributed by atoms with E-state index in [-0.39, 0.29) is 12.0 Å². The van der Waals surface area contributed by atoms with E-state index in [4.69, 9.17) is 14.7 Å². The third-order valence-corrected chi connectivity index (χ3v) is 5.89. The summed E-state index contributed by atoms with van der Waals surface area (Å²) in [6.07, 6.45) is 2.81. The molecule has 0 fully saturated rings. The van der Waals surface area contributed by atoms with Crippen LogP contribution in [0.4, 0.5) is 4.79 Å². The number of nitrogens with zero attached hydrogens (tertiary/aromatic N) is 1. The molecule has 1 N–H and O–H groups in total. The molecule has 5 nitrogen and oxygen atoms in total. The van der Waals surface area contributed by atoms with Crippen LogP contribution >= 0.6 is 0 Å². The average Bonchev–Trinajstić information content (AvgIpc) is 2.79. The van der Waals surface area contributed by atoms with Crippen LogP contribution < -0.4 is 10.1 Å². The lowest BCUT2D eigenvalue weighted by atomic mass is 9.82. The molecule has 1 aliphatic rings. The Balaban J connectivity index is 1.42. The predicted octanol–water partition coefficient (Wildman–Crippen LogP) is 6.24. The highest BCUT2D eigenvalue weighted by molar-refractivity contribution is 5.84. The fourth-order valence-electron chi connectivity index (χ4n) is 4.32. The molecule has 170 valence electrons. The zero-order valence-electron chi connectivity index (χ0n) is 19.5. The zero-order chi connectivity index (χ0) is 23.4. The number of carbonyl (C=O) groups excluding carboxylic acids is 1. The van der Waals surface area contributed by atoms with Crippen molar-refractivity contribution in [3.8, 4) is 11.8 Å². The summed E-state index contributed by atoms with van der Waals surface area (Å²) in [5.74, 6) is 1.08. The van der Waals surface area contributed by atoms with Gasteiger partial charge >= 0.3 is 6.09 Å². The van der Waals surface area contributed by atoms with Gasteiger partial charge in [-0.3, -0.25) is 0 Å². The van der Waals surface area contributed by atoms with Crippen LogP contribution in [0.15, 0.2) is 54.6 Å². The van der Waals surface area contributed by atoms with E-state index in [9.17, 15) is 4.79 Å². The fraction of sp³-hybridized carbons (Fsp3) is 0.357. The quantitative estimate of drug-likeness (QED) is 0.508. The first-order valence-corrected chi connectivity index (χ1v) is 11.5. The van der Waals surface area contributed by atoms with Crippen LogP contribution in [-0.2, 0) is 17.8 Å². The molecule has 0 aromatic heterocycles. The highest BCUT2D eigenvalue weighted by Crippen LogP contribution is 2.34. The maximum Gasteiger partial charge on any atom is 0.407 e. The molecule has 0 saturated carbocycles. The van der Waals surface area contributed by atoms with Gasteiger partial charge in [-0.25, -0.2) is 4.79 Å². The molecule has 1 aliphatic carbocycles. The Hall–Kier alpha value is -3.52. The number of nitriles is 1. The van der Waals surface area contributed by atoms with Crippen LogP contribution in [0.2, 0.25) is 0 Å². The molecule has 0 saturated heterocycles. The lowest BCUT2D eigenvalue weighted by Gasteiger charge is -2.27. The van der Waals surface area contributed by atoms with Crippen LogP contribution in [-0.4, -0.2) is 18.2 Å². The summed E-state index contributed by atoms with van der Waals surface area (Å²) in [4.78, 5) is 12.1. The zero-order valence-corrected chi connectivity index (χ0v) is 19.5. The number of aryl methyl sites for hydroxylation is 1. The molecule has 4 rings (SSSR count). The average molecular weight is 443 g/mol.